The van der Waals surface area contributed by atoms with Crippen molar-refractivity contribution in [1.82, 2.24) is 4.90 Å². The maximum absolute atomic E-state index is 12.2. The van der Waals surface area contributed by atoms with E-state index in [9.17, 15) is 9.59 Å². The van der Waals surface area contributed by atoms with E-state index in [0.717, 1.165) is 32.4 Å². The summed E-state index contributed by atoms with van der Waals surface area (Å²) >= 11 is 0. The van der Waals surface area contributed by atoms with Crippen LogP contribution in [0.2, 0.25) is 0 Å². The number of amides is 1. The van der Waals surface area contributed by atoms with E-state index in [-0.39, 0.29) is 12.1 Å². The van der Waals surface area contributed by atoms with Crippen molar-refractivity contribution < 1.29 is 19.1 Å². The molecule has 0 unspecified atom stereocenters. The van der Waals surface area contributed by atoms with Crippen molar-refractivity contribution in [3.05, 3.63) is 12.2 Å². The number of carbonyl (C=O) groups is 2. The Labute approximate surface area is 158 Å². The summed E-state index contributed by atoms with van der Waals surface area (Å²) in [5, 5.41) is 0. The summed E-state index contributed by atoms with van der Waals surface area (Å²) in [7, 11) is 0. The average molecular weight is 366 g/mol. The third kappa shape index (κ3) is 6.33. The molecule has 1 amide bonds. The molecule has 26 heavy (non-hydrogen) atoms. The van der Waals surface area contributed by atoms with Crippen molar-refractivity contribution in [3.63, 3.8) is 0 Å². The maximum Gasteiger partial charge on any atom is 0.410 e. The molecule has 0 aromatic heterocycles. The van der Waals surface area contributed by atoms with Crippen LogP contribution in [0.5, 0.6) is 0 Å². The number of nitrogens with zero attached hydrogens (tertiary/aromatic N) is 1. The molecule has 2 fully saturated rings. The molecule has 1 aliphatic heterocycles. The minimum Gasteiger partial charge on any atom is -0.463 e. The van der Waals surface area contributed by atoms with Gasteiger partial charge in [0.1, 0.15) is 5.60 Å². The highest BCUT2D eigenvalue weighted by molar-refractivity contribution is 5.81. The van der Waals surface area contributed by atoms with Crippen molar-refractivity contribution >= 4 is 12.1 Å². The van der Waals surface area contributed by atoms with E-state index in [0.29, 0.717) is 17.9 Å². The molecule has 0 N–H and O–H groups in total. The van der Waals surface area contributed by atoms with Gasteiger partial charge in [0.2, 0.25) is 0 Å². The number of esters is 1. The van der Waals surface area contributed by atoms with Crippen LogP contribution in [0.4, 0.5) is 4.79 Å². The van der Waals surface area contributed by atoms with Gasteiger partial charge in [-0.05, 0) is 84.0 Å². The molecule has 2 aliphatic rings. The van der Waals surface area contributed by atoms with Crippen LogP contribution in [0.15, 0.2) is 12.2 Å². The Morgan fingerprint density at radius 1 is 1.12 bits per heavy atom. The van der Waals surface area contributed by atoms with E-state index in [1.807, 2.05) is 38.7 Å². The highest BCUT2D eigenvalue weighted by atomic mass is 16.6. The van der Waals surface area contributed by atoms with Crippen LogP contribution in [-0.4, -0.2) is 42.3 Å². The molecular weight excluding hydrogens is 330 g/mol. The summed E-state index contributed by atoms with van der Waals surface area (Å²) in [6.07, 6.45) is 11.3. The molecule has 5 nitrogen and oxygen atoms in total. The Hall–Kier alpha value is -1.52. The highest BCUT2D eigenvalue weighted by Crippen LogP contribution is 2.47. The zero-order valence-electron chi connectivity index (χ0n) is 16.9. The molecule has 0 aromatic rings. The minimum atomic E-state index is -0.429. The number of ether oxygens (including phenoxy) is 2. The molecule has 0 aromatic carbocycles. The highest BCUT2D eigenvalue weighted by Gasteiger charge is 2.39. The van der Waals surface area contributed by atoms with E-state index in [4.69, 9.17) is 9.47 Å². The quantitative estimate of drug-likeness (QED) is 0.535. The second kappa shape index (κ2) is 8.92. The molecular formula is C21H35NO4. The first-order chi connectivity index (χ1) is 12.2. The lowest BCUT2D eigenvalue weighted by Gasteiger charge is -2.46. The second-order valence-corrected chi connectivity index (χ2v) is 8.80. The standard InChI is InChI=1S/C21H35NO4/c1-5-25-18(23)8-6-7-17-9-11-21(12-10-17)13-15-22(16-14-21)19(24)26-20(2,3)4/h6,8,17H,5,7,9-16H2,1-4H3. The van der Waals surface area contributed by atoms with E-state index in [2.05, 4.69) is 0 Å². The van der Waals surface area contributed by atoms with Crippen LogP contribution in [0.1, 0.15) is 72.6 Å². The summed E-state index contributed by atoms with van der Waals surface area (Å²) < 4.78 is 10.4. The fourth-order valence-electron chi connectivity index (χ4n) is 4.06. The number of piperidine rings is 1. The van der Waals surface area contributed by atoms with Crippen LogP contribution >= 0.6 is 0 Å². The fourth-order valence-corrected chi connectivity index (χ4v) is 4.06. The number of rotatable bonds is 4. The molecule has 2 rings (SSSR count). The van der Waals surface area contributed by atoms with E-state index < -0.39 is 5.60 Å². The molecule has 0 atom stereocenters. The normalized spacial score (nSPS) is 21.2. The van der Waals surface area contributed by atoms with Gasteiger partial charge in [0.15, 0.2) is 0 Å². The Kier molecular flexibility index (Phi) is 7.13. The van der Waals surface area contributed by atoms with Gasteiger partial charge in [0, 0.05) is 19.2 Å². The van der Waals surface area contributed by atoms with Crippen LogP contribution in [-0.2, 0) is 14.3 Å². The number of likely N-dealkylation sites (tertiary alicyclic amines) is 1. The Bertz CT molecular complexity index is 503. The zero-order chi connectivity index (χ0) is 19.2. The summed E-state index contributed by atoms with van der Waals surface area (Å²) in [5.41, 5.74) is -0.0266. The first-order valence-corrected chi connectivity index (χ1v) is 10.0. The topological polar surface area (TPSA) is 55.8 Å². The number of carbonyl (C=O) groups excluding carboxylic acids is 2. The SMILES string of the molecule is CCOC(=O)C=CCC1CCC2(CC1)CCN(C(=O)OC(C)(C)C)CC2. The van der Waals surface area contributed by atoms with Gasteiger partial charge in [-0.2, -0.15) is 0 Å². The van der Waals surface area contributed by atoms with E-state index >= 15 is 0 Å². The second-order valence-electron chi connectivity index (χ2n) is 8.80. The Morgan fingerprint density at radius 2 is 1.73 bits per heavy atom. The Morgan fingerprint density at radius 3 is 2.27 bits per heavy atom. The lowest BCUT2D eigenvalue weighted by molar-refractivity contribution is -0.137. The molecule has 1 aliphatic carbocycles. The first-order valence-electron chi connectivity index (χ1n) is 10.0. The van der Waals surface area contributed by atoms with Crippen molar-refractivity contribution in [2.24, 2.45) is 11.3 Å². The van der Waals surface area contributed by atoms with Gasteiger partial charge in [-0.15, -0.1) is 0 Å². The molecule has 1 heterocycles. The largest absolute Gasteiger partial charge is 0.463 e. The summed E-state index contributed by atoms with van der Waals surface area (Å²) in [5.74, 6) is 0.421. The number of allylic oxidation sites excluding steroid dienone is 1. The molecule has 1 spiro atoms. The van der Waals surface area contributed by atoms with Crippen molar-refractivity contribution in [1.29, 1.82) is 0 Å². The van der Waals surface area contributed by atoms with Gasteiger partial charge in [-0.25, -0.2) is 9.59 Å². The molecule has 1 saturated carbocycles. The molecule has 148 valence electrons. The first kappa shape index (κ1) is 20.8. The molecule has 5 heteroatoms. The predicted octanol–water partition coefficient (Wildman–Crippen LogP) is 4.70. The third-order valence-corrected chi connectivity index (χ3v) is 5.65. The zero-order valence-corrected chi connectivity index (χ0v) is 16.9. The van der Waals surface area contributed by atoms with E-state index in [1.165, 1.54) is 25.7 Å². The lowest BCUT2D eigenvalue weighted by Crippen LogP contribution is -2.46. The monoisotopic (exact) mass is 365 g/mol. The fraction of sp³-hybridized carbons (Fsp3) is 0.810. The van der Waals surface area contributed by atoms with Crippen molar-refractivity contribution in [3.8, 4) is 0 Å². The van der Waals surface area contributed by atoms with Gasteiger partial charge in [0.05, 0.1) is 6.61 Å². The summed E-state index contributed by atoms with van der Waals surface area (Å²) in [6.45, 7) is 9.59. The van der Waals surface area contributed by atoms with Crippen LogP contribution in [0, 0.1) is 11.3 Å². The van der Waals surface area contributed by atoms with Crippen LogP contribution in [0.3, 0.4) is 0 Å². The van der Waals surface area contributed by atoms with Gasteiger partial charge in [-0.3, -0.25) is 0 Å². The number of hydrogen-bond acceptors (Lipinski definition) is 4. The van der Waals surface area contributed by atoms with Gasteiger partial charge in [-0.1, -0.05) is 6.08 Å². The van der Waals surface area contributed by atoms with Crippen molar-refractivity contribution in [2.45, 2.75) is 78.2 Å². The van der Waals surface area contributed by atoms with Gasteiger partial charge in [0.25, 0.3) is 0 Å². The van der Waals surface area contributed by atoms with Gasteiger partial charge < -0.3 is 14.4 Å². The van der Waals surface area contributed by atoms with E-state index in [1.54, 1.807) is 6.08 Å². The molecule has 1 saturated heterocycles. The number of hydrogen-bond donors (Lipinski definition) is 0. The van der Waals surface area contributed by atoms with Crippen molar-refractivity contribution in [2.75, 3.05) is 19.7 Å². The molecule has 0 bridgehead atoms. The molecule has 0 radical (unpaired) electrons. The van der Waals surface area contributed by atoms with Gasteiger partial charge >= 0.3 is 12.1 Å². The smallest absolute Gasteiger partial charge is 0.410 e. The summed E-state index contributed by atoms with van der Waals surface area (Å²) in [4.78, 5) is 25.4. The Balaban J connectivity index is 1.73. The lowest BCUT2D eigenvalue weighted by atomic mass is 9.65. The van der Waals surface area contributed by atoms with Crippen LogP contribution in [0.25, 0.3) is 0 Å². The predicted molar refractivity (Wildman–Crippen MR) is 102 cm³/mol. The summed E-state index contributed by atoms with van der Waals surface area (Å²) in [6, 6.07) is 0. The average Bonchev–Trinajstić information content (AvgIpc) is 2.56. The minimum absolute atomic E-state index is 0.176. The van der Waals surface area contributed by atoms with Crippen LogP contribution < -0.4 is 0 Å². The maximum atomic E-state index is 12.2. The third-order valence-electron chi connectivity index (χ3n) is 5.65.